The molecule has 0 fully saturated rings. The van der Waals surface area contributed by atoms with Gasteiger partial charge in [-0.1, -0.05) is 32.0 Å². The Bertz CT molecular complexity index is 512. The number of nitrogens with one attached hydrogen (secondary N) is 2. The molecule has 1 amide bonds. The molecule has 0 saturated carbocycles. The zero-order valence-electron chi connectivity index (χ0n) is 11.4. The summed E-state index contributed by atoms with van der Waals surface area (Å²) in [5.74, 6) is -0.401. The van der Waals surface area contributed by atoms with Crippen LogP contribution in [-0.4, -0.2) is 25.8 Å². The summed E-state index contributed by atoms with van der Waals surface area (Å²) in [7, 11) is -3.42. The summed E-state index contributed by atoms with van der Waals surface area (Å²) in [6, 6.07) is 9.04. The number of rotatable bonds is 6. The van der Waals surface area contributed by atoms with Crippen LogP contribution in [0.3, 0.4) is 0 Å². The third-order valence-electron chi connectivity index (χ3n) is 2.60. The highest BCUT2D eigenvalue weighted by molar-refractivity contribution is 7.92. The number of carbonyl (C=O) groups is 1. The summed E-state index contributed by atoms with van der Waals surface area (Å²) in [5, 5.41) is -1.02. The fourth-order valence-corrected chi connectivity index (χ4v) is 2.82. The molecule has 106 valence electrons. The first-order chi connectivity index (χ1) is 8.80. The maximum atomic E-state index is 11.9. The van der Waals surface area contributed by atoms with E-state index in [4.69, 9.17) is 0 Å². The van der Waals surface area contributed by atoms with Crippen molar-refractivity contribution in [1.29, 1.82) is 0 Å². The Morgan fingerprint density at radius 2 is 1.79 bits per heavy atom. The molecule has 0 spiro atoms. The first kappa shape index (κ1) is 15.5. The van der Waals surface area contributed by atoms with Crippen LogP contribution in [0.25, 0.3) is 0 Å². The monoisotopic (exact) mass is 284 g/mol. The van der Waals surface area contributed by atoms with Gasteiger partial charge < -0.3 is 0 Å². The number of hydrazine groups is 1. The molecule has 0 aliphatic carbocycles. The molecule has 1 aromatic carbocycles. The fraction of sp³-hybridized carbons (Fsp3) is 0.462. The van der Waals surface area contributed by atoms with Crippen LogP contribution >= 0.6 is 0 Å². The predicted molar refractivity (Wildman–Crippen MR) is 76.3 cm³/mol. The van der Waals surface area contributed by atoms with Gasteiger partial charge in [0.05, 0.1) is 5.69 Å². The van der Waals surface area contributed by atoms with Crippen molar-refractivity contribution in [3.63, 3.8) is 0 Å². The molecule has 19 heavy (non-hydrogen) atoms. The molecule has 2 N–H and O–H groups in total. The Balaban J connectivity index is 2.68. The van der Waals surface area contributed by atoms with Crippen molar-refractivity contribution >= 4 is 21.4 Å². The SMILES string of the molecule is CC(C)CC(C(=O)NNc1ccccc1)S(C)(=O)=O. The number of hydrogen-bond acceptors (Lipinski definition) is 4. The molecule has 0 bridgehead atoms. The van der Waals surface area contributed by atoms with Crippen LogP contribution in [0.15, 0.2) is 30.3 Å². The second-order valence-electron chi connectivity index (χ2n) is 4.93. The van der Waals surface area contributed by atoms with Crippen molar-refractivity contribution in [3.8, 4) is 0 Å². The van der Waals surface area contributed by atoms with Crippen molar-refractivity contribution in [2.45, 2.75) is 25.5 Å². The van der Waals surface area contributed by atoms with E-state index >= 15 is 0 Å². The van der Waals surface area contributed by atoms with Gasteiger partial charge in [0.1, 0.15) is 5.25 Å². The lowest BCUT2D eigenvalue weighted by molar-refractivity contribution is -0.120. The molecule has 1 atom stereocenters. The average molecular weight is 284 g/mol. The summed E-state index contributed by atoms with van der Waals surface area (Å²) in [5.41, 5.74) is 5.85. The first-order valence-corrected chi connectivity index (χ1v) is 8.06. The van der Waals surface area contributed by atoms with Gasteiger partial charge in [-0.05, 0) is 24.5 Å². The summed E-state index contributed by atoms with van der Waals surface area (Å²) >= 11 is 0. The van der Waals surface area contributed by atoms with Gasteiger partial charge in [0.15, 0.2) is 9.84 Å². The molecule has 0 radical (unpaired) electrons. The summed E-state index contributed by atoms with van der Waals surface area (Å²) in [6.07, 6.45) is 1.39. The Labute approximate surface area is 114 Å². The quantitative estimate of drug-likeness (QED) is 0.778. The van der Waals surface area contributed by atoms with Gasteiger partial charge in [-0.3, -0.25) is 15.6 Å². The lowest BCUT2D eigenvalue weighted by Crippen LogP contribution is -2.42. The van der Waals surface area contributed by atoms with Gasteiger partial charge in [0.25, 0.3) is 5.91 Å². The maximum absolute atomic E-state index is 11.9. The topological polar surface area (TPSA) is 75.3 Å². The number of carbonyl (C=O) groups excluding carboxylic acids is 1. The van der Waals surface area contributed by atoms with Gasteiger partial charge in [0, 0.05) is 6.26 Å². The predicted octanol–water partition coefficient (Wildman–Crippen LogP) is 1.59. The number of benzene rings is 1. The van der Waals surface area contributed by atoms with Crippen LogP contribution in [0.5, 0.6) is 0 Å². The van der Waals surface area contributed by atoms with Gasteiger partial charge in [-0.15, -0.1) is 0 Å². The minimum Gasteiger partial charge on any atom is -0.299 e. The molecule has 0 aliphatic rings. The van der Waals surface area contributed by atoms with Crippen molar-refractivity contribution in [3.05, 3.63) is 30.3 Å². The molecule has 0 heterocycles. The van der Waals surface area contributed by atoms with Crippen molar-refractivity contribution in [2.75, 3.05) is 11.7 Å². The zero-order chi connectivity index (χ0) is 14.5. The highest BCUT2D eigenvalue weighted by atomic mass is 32.2. The highest BCUT2D eigenvalue weighted by Crippen LogP contribution is 2.12. The second kappa shape index (κ2) is 6.56. The van der Waals surface area contributed by atoms with Crippen LogP contribution in [0.1, 0.15) is 20.3 Å². The van der Waals surface area contributed by atoms with Crippen LogP contribution in [-0.2, 0) is 14.6 Å². The smallest absolute Gasteiger partial charge is 0.256 e. The molecule has 1 unspecified atom stereocenters. The lowest BCUT2D eigenvalue weighted by atomic mass is 10.1. The highest BCUT2D eigenvalue weighted by Gasteiger charge is 2.29. The molecular formula is C13H20N2O3S. The standard InChI is InChI=1S/C13H20N2O3S/c1-10(2)9-12(19(3,17)18)13(16)15-14-11-7-5-4-6-8-11/h4-8,10,12,14H,9H2,1-3H3,(H,15,16). The van der Waals surface area contributed by atoms with Crippen LogP contribution < -0.4 is 10.9 Å². The summed E-state index contributed by atoms with van der Waals surface area (Å²) < 4.78 is 23.3. The summed E-state index contributed by atoms with van der Waals surface area (Å²) in [4.78, 5) is 11.9. The number of anilines is 1. The minimum absolute atomic E-state index is 0.127. The van der Waals surface area contributed by atoms with E-state index in [9.17, 15) is 13.2 Å². The zero-order valence-corrected chi connectivity index (χ0v) is 12.2. The first-order valence-electron chi connectivity index (χ1n) is 6.10. The fourth-order valence-electron chi connectivity index (χ4n) is 1.64. The molecule has 0 aromatic heterocycles. The molecule has 0 saturated heterocycles. The lowest BCUT2D eigenvalue weighted by Gasteiger charge is -2.17. The van der Waals surface area contributed by atoms with Crippen LogP contribution in [0, 0.1) is 5.92 Å². The maximum Gasteiger partial charge on any atom is 0.256 e. The Morgan fingerprint density at radius 1 is 1.21 bits per heavy atom. The van der Waals surface area contributed by atoms with E-state index in [2.05, 4.69) is 10.9 Å². The van der Waals surface area contributed by atoms with Gasteiger partial charge >= 0.3 is 0 Å². The molecular weight excluding hydrogens is 264 g/mol. The molecule has 0 aliphatic heterocycles. The van der Waals surface area contributed by atoms with E-state index in [1.54, 1.807) is 12.1 Å². The van der Waals surface area contributed by atoms with Crippen molar-refractivity contribution in [1.82, 2.24) is 5.43 Å². The number of para-hydroxylation sites is 1. The van der Waals surface area contributed by atoms with Gasteiger partial charge in [-0.25, -0.2) is 8.42 Å². The second-order valence-corrected chi connectivity index (χ2v) is 7.16. The minimum atomic E-state index is -3.42. The van der Waals surface area contributed by atoms with E-state index in [1.165, 1.54) is 0 Å². The Morgan fingerprint density at radius 3 is 2.26 bits per heavy atom. The van der Waals surface area contributed by atoms with E-state index < -0.39 is 21.0 Å². The van der Waals surface area contributed by atoms with Crippen molar-refractivity contribution < 1.29 is 13.2 Å². The van der Waals surface area contributed by atoms with E-state index in [0.717, 1.165) is 6.26 Å². The Kier molecular flexibility index (Phi) is 5.35. The van der Waals surface area contributed by atoms with E-state index in [0.29, 0.717) is 12.1 Å². The van der Waals surface area contributed by atoms with Crippen molar-refractivity contribution in [2.24, 2.45) is 5.92 Å². The summed E-state index contributed by atoms with van der Waals surface area (Å²) in [6.45, 7) is 3.77. The van der Waals surface area contributed by atoms with Crippen LogP contribution in [0.4, 0.5) is 5.69 Å². The number of hydrogen-bond donors (Lipinski definition) is 2. The molecule has 1 aromatic rings. The largest absolute Gasteiger partial charge is 0.299 e. The molecule has 6 heteroatoms. The number of amides is 1. The number of sulfone groups is 1. The third-order valence-corrected chi connectivity index (χ3v) is 4.04. The van der Waals surface area contributed by atoms with Gasteiger partial charge in [0.2, 0.25) is 0 Å². The van der Waals surface area contributed by atoms with Gasteiger partial charge in [-0.2, -0.15) is 0 Å². The Hall–Kier alpha value is -1.56. The van der Waals surface area contributed by atoms with E-state index in [-0.39, 0.29) is 5.92 Å². The van der Waals surface area contributed by atoms with E-state index in [1.807, 2.05) is 32.0 Å². The normalized spacial score (nSPS) is 13.1. The molecule has 1 rings (SSSR count). The average Bonchev–Trinajstić information content (AvgIpc) is 2.33. The molecule has 5 nitrogen and oxygen atoms in total. The third kappa shape index (κ3) is 5.30. The van der Waals surface area contributed by atoms with Crippen LogP contribution in [0.2, 0.25) is 0 Å².